The fourth-order valence-corrected chi connectivity index (χ4v) is 4.10. The van der Waals surface area contributed by atoms with Gasteiger partial charge in [0.05, 0.1) is 12.9 Å². The monoisotopic (exact) mass is 421 g/mol. The van der Waals surface area contributed by atoms with Crippen molar-refractivity contribution < 1.29 is 20.1 Å². The lowest BCUT2D eigenvalue weighted by atomic mass is 10.0. The topological polar surface area (TPSA) is 126 Å². The summed E-state index contributed by atoms with van der Waals surface area (Å²) in [5.74, 6) is 0.579. The number of anilines is 1. The molecule has 9 nitrogen and oxygen atoms in total. The third-order valence-corrected chi connectivity index (χ3v) is 5.72. The van der Waals surface area contributed by atoms with Crippen LogP contribution in [0.1, 0.15) is 11.8 Å². The van der Waals surface area contributed by atoms with Crippen LogP contribution in [0.5, 0.6) is 0 Å². The van der Waals surface area contributed by atoms with Gasteiger partial charge in [-0.25, -0.2) is 15.0 Å². The van der Waals surface area contributed by atoms with Crippen LogP contribution < -0.4 is 5.32 Å². The Kier molecular flexibility index (Phi) is 5.24. The van der Waals surface area contributed by atoms with E-state index in [1.807, 2.05) is 12.1 Å². The molecule has 0 saturated carbocycles. The number of aliphatic hydroxyl groups is 3. The highest BCUT2D eigenvalue weighted by atomic mass is 16.6. The van der Waals surface area contributed by atoms with E-state index in [2.05, 4.69) is 50.6 Å². The molecular formula is C22H23N5O4. The fourth-order valence-electron chi connectivity index (χ4n) is 4.10. The minimum absolute atomic E-state index is 0.392. The Morgan fingerprint density at radius 2 is 1.84 bits per heavy atom. The molecule has 4 aromatic rings. The van der Waals surface area contributed by atoms with Crippen molar-refractivity contribution in [2.75, 3.05) is 18.5 Å². The van der Waals surface area contributed by atoms with E-state index in [1.165, 1.54) is 29.0 Å². The summed E-state index contributed by atoms with van der Waals surface area (Å²) in [5.41, 5.74) is 2.25. The molecular weight excluding hydrogens is 398 g/mol. The first-order valence-corrected chi connectivity index (χ1v) is 10.2. The molecule has 1 fully saturated rings. The van der Waals surface area contributed by atoms with Crippen LogP contribution in [0.3, 0.4) is 0 Å². The first-order chi connectivity index (χ1) is 15.2. The van der Waals surface area contributed by atoms with Gasteiger partial charge in [-0.1, -0.05) is 42.5 Å². The highest BCUT2D eigenvalue weighted by Crippen LogP contribution is 2.32. The van der Waals surface area contributed by atoms with Crippen molar-refractivity contribution in [2.24, 2.45) is 0 Å². The number of benzene rings is 2. The van der Waals surface area contributed by atoms with Gasteiger partial charge in [0.2, 0.25) is 0 Å². The van der Waals surface area contributed by atoms with Gasteiger partial charge in [-0.05, 0) is 22.8 Å². The summed E-state index contributed by atoms with van der Waals surface area (Å²) in [6, 6.07) is 14.6. The third kappa shape index (κ3) is 3.51. The summed E-state index contributed by atoms with van der Waals surface area (Å²) in [6.45, 7) is 0.262. The molecule has 0 spiro atoms. The van der Waals surface area contributed by atoms with E-state index in [0.29, 0.717) is 23.5 Å². The molecule has 160 valence electrons. The van der Waals surface area contributed by atoms with Crippen molar-refractivity contribution in [2.45, 2.75) is 31.0 Å². The van der Waals surface area contributed by atoms with Gasteiger partial charge in [-0.3, -0.25) is 4.57 Å². The fraction of sp³-hybridized carbons (Fsp3) is 0.318. The van der Waals surface area contributed by atoms with E-state index in [1.54, 1.807) is 4.57 Å². The second-order valence-corrected chi connectivity index (χ2v) is 7.59. The van der Waals surface area contributed by atoms with Crippen LogP contribution in [-0.2, 0) is 11.2 Å². The van der Waals surface area contributed by atoms with Crippen molar-refractivity contribution in [3.63, 3.8) is 0 Å². The standard InChI is InChI=1S/C22H23N5O4/c28-10-16-18(29)19(30)22(31-16)27-12-26-17-20(24-11-25-21(17)27)23-9-8-14-6-3-5-13-4-1-2-7-15(13)14/h1-7,11-12,16,18-19,22,28-30H,8-10H2,(H,23,24,25)/t16-,18-,19-,22?/m1/s1. The van der Waals surface area contributed by atoms with Crippen LogP contribution in [0.2, 0.25) is 0 Å². The normalized spacial score (nSPS) is 23.6. The van der Waals surface area contributed by atoms with Gasteiger partial charge in [-0.15, -0.1) is 0 Å². The maximum atomic E-state index is 10.3. The predicted octanol–water partition coefficient (Wildman–Crippen LogP) is 1.25. The Hall–Kier alpha value is -3.11. The number of aliphatic hydroxyl groups excluding tert-OH is 3. The highest BCUT2D eigenvalue weighted by molar-refractivity contribution is 5.86. The van der Waals surface area contributed by atoms with Crippen LogP contribution in [0, 0.1) is 0 Å². The number of hydrogen-bond acceptors (Lipinski definition) is 8. The molecule has 1 aliphatic heterocycles. The van der Waals surface area contributed by atoms with Gasteiger partial charge >= 0.3 is 0 Å². The largest absolute Gasteiger partial charge is 0.394 e. The molecule has 2 aromatic carbocycles. The average molecular weight is 421 g/mol. The molecule has 9 heteroatoms. The summed E-state index contributed by atoms with van der Waals surface area (Å²) >= 11 is 0. The number of aromatic nitrogens is 4. The molecule has 0 aliphatic carbocycles. The number of hydrogen-bond donors (Lipinski definition) is 4. The zero-order chi connectivity index (χ0) is 21.4. The van der Waals surface area contributed by atoms with Crippen molar-refractivity contribution in [1.82, 2.24) is 19.5 Å². The summed E-state index contributed by atoms with van der Waals surface area (Å²) in [4.78, 5) is 13.0. The zero-order valence-electron chi connectivity index (χ0n) is 16.7. The lowest BCUT2D eigenvalue weighted by molar-refractivity contribution is -0.0511. The van der Waals surface area contributed by atoms with Gasteiger partial charge in [0.15, 0.2) is 23.2 Å². The Morgan fingerprint density at radius 1 is 1.00 bits per heavy atom. The molecule has 3 heterocycles. The summed E-state index contributed by atoms with van der Waals surface area (Å²) in [6.07, 6.45) is -0.423. The maximum Gasteiger partial charge on any atom is 0.167 e. The van der Waals surface area contributed by atoms with Crippen molar-refractivity contribution in [3.8, 4) is 0 Å². The van der Waals surface area contributed by atoms with Gasteiger partial charge in [-0.2, -0.15) is 0 Å². The minimum Gasteiger partial charge on any atom is -0.394 e. The van der Waals surface area contributed by atoms with E-state index < -0.39 is 31.1 Å². The molecule has 31 heavy (non-hydrogen) atoms. The number of imidazole rings is 1. The maximum absolute atomic E-state index is 10.3. The molecule has 0 amide bonds. The Morgan fingerprint density at radius 3 is 2.68 bits per heavy atom. The predicted molar refractivity (Wildman–Crippen MR) is 114 cm³/mol. The number of ether oxygens (including phenoxy) is 1. The number of nitrogens with one attached hydrogen (secondary N) is 1. The second-order valence-electron chi connectivity index (χ2n) is 7.59. The summed E-state index contributed by atoms with van der Waals surface area (Å²) in [5, 5.41) is 35.5. The van der Waals surface area contributed by atoms with E-state index in [4.69, 9.17) is 4.74 Å². The van der Waals surface area contributed by atoms with Crippen molar-refractivity contribution in [3.05, 3.63) is 60.7 Å². The average Bonchev–Trinajstić information content (AvgIpc) is 3.35. The van der Waals surface area contributed by atoms with Crippen LogP contribution in [0.15, 0.2) is 55.1 Å². The lowest BCUT2D eigenvalue weighted by Gasteiger charge is -2.16. The molecule has 2 aromatic heterocycles. The zero-order valence-corrected chi connectivity index (χ0v) is 16.7. The smallest absolute Gasteiger partial charge is 0.167 e. The number of fused-ring (bicyclic) bond motifs is 2. The van der Waals surface area contributed by atoms with Gasteiger partial charge in [0.25, 0.3) is 0 Å². The molecule has 0 bridgehead atoms. The highest BCUT2D eigenvalue weighted by Gasteiger charge is 2.44. The van der Waals surface area contributed by atoms with Crippen molar-refractivity contribution in [1.29, 1.82) is 0 Å². The Bertz CT molecular complexity index is 1210. The van der Waals surface area contributed by atoms with E-state index in [9.17, 15) is 15.3 Å². The van der Waals surface area contributed by atoms with E-state index >= 15 is 0 Å². The summed E-state index contributed by atoms with van der Waals surface area (Å²) < 4.78 is 7.15. The molecule has 1 unspecified atom stereocenters. The lowest BCUT2D eigenvalue weighted by Crippen LogP contribution is -2.33. The van der Waals surface area contributed by atoms with Crippen LogP contribution >= 0.6 is 0 Å². The first-order valence-electron chi connectivity index (χ1n) is 10.2. The quantitative estimate of drug-likeness (QED) is 0.367. The van der Waals surface area contributed by atoms with Crippen LogP contribution in [0.4, 0.5) is 5.82 Å². The van der Waals surface area contributed by atoms with E-state index in [-0.39, 0.29) is 0 Å². The van der Waals surface area contributed by atoms with Crippen LogP contribution in [0.25, 0.3) is 21.9 Å². The van der Waals surface area contributed by atoms with Crippen molar-refractivity contribution >= 4 is 27.8 Å². The Labute approximate surface area is 178 Å². The number of rotatable bonds is 6. The molecule has 1 saturated heterocycles. The third-order valence-electron chi connectivity index (χ3n) is 5.72. The molecule has 4 N–H and O–H groups in total. The molecule has 4 atom stereocenters. The van der Waals surface area contributed by atoms with E-state index in [0.717, 1.165) is 6.42 Å². The molecule has 1 aliphatic rings. The summed E-state index contributed by atoms with van der Waals surface area (Å²) in [7, 11) is 0. The van der Waals surface area contributed by atoms with Gasteiger partial charge in [0, 0.05) is 6.54 Å². The second kappa shape index (κ2) is 8.20. The molecule has 0 radical (unpaired) electrons. The number of nitrogens with zero attached hydrogens (tertiary/aromatic N) is 4. The minimum atomic E-state index is -1.20. The van der Waals surface area contributed by atoms with Gasteiger partial charge in [0.1, 0.15) is 24.6 Å². The van der Waals surface area contributed by atoms with Crippen LogP contribution in [-0.4, -0.2) is 66.3 Å². The Balaban J connectivity index is 1.36. The first kappa shape index (κ1) is 19.8. The molecule has 5 rings (SSSR count). The van der Waals surface area contributed by atoms with Gasteiger partial charge < -0.3 is 25.4 Å². The SMILES string of the molecule is OC[C@H]1OC(n2cnc3c(NCCc4cccc5ccccc45)ncnc32)[C@H](O)[C@@H]1O.